The second kappa shape index (κ2) is 12.8. The van der Waals surface area contributed by atoms with Crippen LogP contribution in [0.1, 0.15) is 148 Å². The van der Waals surface area contributed by atoms with Crippen LogP contribution in [0.2, 0.25) is 0 Å². The Morgan fingerprint density at radius 1 is 0.340 bits per heavy atom. The maximum absolute atomic E-state index is 7.85. The first-order valence-corrected chi connectivity index (χ1v) is 24.5. The minimum absolute atomic E-state index is 0.549. The molecule has 0 aromatic carbocycles. The number of rotatable bonds is 3. The van der Waals surface area contributed by atoms with Gasteiger partial charge in [0, 0.05) is 55.5 Å². The van der Waals surface area contributed by atoms with Crippen molar-refractivity contribution in [2.75, 3.05) is 0 Å². The summed E-state index contributed by atoms with van der Waals surface area (Å²) in [6, 6.07) is 2.39. The predicted molar refractivity (Wildman–Crippen MR) is 201 cm³/mol. The Hall–Kier alpha value is 0.970. The summed E-state index contributed by atoms with van der Waals surface area (Å²) in [5, 5.41) is 5.74. The van der Waals surface area contributed by atoms with Gasteiger partial charge in [0.15, 0.2) is 0 Å². The average Bonchev–Trinajstić information content (AvgIpc) is 3.88. The molecular weight excluding hydrogens is 631 g/mol. The fourth-order valence-electron chi connectivity index (χ4n) is 15.8. The highest BCUT2D eigenvalue weighted by Crippen LogP contribution is 2.63. The van der Waals surface area contributed by atoms with E-state index in [1.165, 1.54) is 122 Å². The summed E-state index contributed by atoms with van der Waals surface area (Å²) < 4.78 is 7.85. The van der Waals surface area contributed by atoms with Crippen molar-refractivity contribution in [1.29, 1.82) is 0 Å². The molecule has 11 aliphatic rings. The van der Waals surface area contributed by atoms with Crippen molar-refractivity contribution in [2.24, 2.45) is 47.3 Å². The lowest BCUT2D eigenvalue weighted by molar-refractivity contribution is -0.0977. The molecule has 4 saturated heterocycles. The minimum Gasteiger partial charge on any atom is -0.372 e. The van der Waals surface area contributed by atoms with Gasteiger partial charge in [0.1, 0.15) is 0 Å². The zero-order chi connectivity index (χ0) is 30.6. The smallest absolute Gasteiger partial charge is 0.0766 e. The molecule has 4 aliphatic heterocycles. The molecule has 7 saturated carbocycles. The Kier molecular flexibility index (Phi) is 8.59. The van der Waals surface area contributed by atoms with E-state index in [0.717, 1.165) is 90.9 Å². The molecule has 5 heteroatoms. The van der Waals surface area contributed by atoms with Crippen molar-refractivity contribution >= 4 is 35.3 Å². The monoisotopic (exact) mass is 695 g/mol. The molecule has 0 aromatic heterocycles. The van der Waals surface area contributed by atoms with Crippen LogP contribution in [0.15, 0.2) is 0 Å². The zero-order valence-electron chi connectivity index (χ0n) is 29.3. The van der Waals surface area contributed by atoms with Crippen LogP contribution in [-0.4, -0.2) is 66.7 Å². The summed E-state index contributed by atoms with van der Waals surface area (Å²) in [6.07, 6.45) is 36.0. The zero-order valence-corrected chi connectivity index (χ0v) is 31.8. The van der Waals surface area contributed by atoms with Crippen LogP contribution in [0, 0.1) is 47.3 Å². The van der Waals surface area contributed by atoms with Gasteiger partial charge in [0.25, 0.3) is 0 Å². The number of thioether (sulfide) groups is 3. The van der Waals surface area contributed by atoms with Crippen molar-refractivity contribution in [1.82, 2.24) is 4.90 Å². The quantitative estimate of drug-likeness (QED) is 0.291. The molecule has 0 aromatic rings. The molecule has 11 rings (SSSR count). The van der Waals surface area contributed by atoms with Gasteiger partial charge >= 0.3 is 0 Å². The molecule has 0 radical (unpaired) electrons. The lowest BCUT2D eigenvalue weighted by Gasteiger charge is -2.55. The third kappa shape index (κ3) is 5.06. The first-order chi connectivity index (χ1) is 23.3. The molecule has 7 aliphatic carbocycles. The van der Waals surface area contributed by atoms with Crippen LogP contribution < -0.4 is 0 Å². The molecule has 2 nitrogen and oxygen atoms in total. The molecule has 4 heterocycles. The van der Waals surface area contributed by atoms with Crippen molar-refractivity contribution in [3.05, 3.63) is 0 Å². The van der Waals surface area contributed by atoms with Gasteiger partial charge in [-0.1, -0.05) is 57.8 Å². The second-order valence-electron chi connectivity index (χ2n) is 19.2. The number of fused-ring (bicyclic) bond motifs is 13. The van der Waals surface area contributed by atoms with Crippen molar-refractivity contribution in [3.8, 4) is 0 Å². The van der Waals surface area contributed by atoms with Crippen LogP contribution in [-0.2, 0) is 4.74 Å². The van der Waals surface area contributed by atoms with Gasteiger partial charge in [-0.25, -0.2) is 0 Å². The number of hydrogen-bond donors (Lipinski definition) is 0. The number of hydrogen-bond acceptors (Lipinski definition) is 5. The Labute approximate surface area is 300 Å². The average molecular weight is 696 g/mol. The molecule has 19 atom stereocenters. The van der Waals surface area contributed by atoms with E-state index in [1.54, 1.807) is 25.7 Å². The first-order valence-electron chi connectivity index (χ1n) is 21.7. The summed E-state index contributed by atoms with van der Waals surface area (Å²) in [7, 11) is 0. The molecule has 19 unspecified atom stereocenters. The van der Waals surface area contributed by atoms with E-state index in [-0.39, 0.29) is 0 Å². The van der Waals surface area contributed by atoms with Crippen LogP contribution in [0.25, 0.3) is 0 Å². The molecule has 0 bridgehead atoms. The molecule has 0 spiro atoms. The number of ether oxygens (including phenoxy) is 1. The lowest BCUT2D eigenvalue weighted by atomic mass is 9.64. The summed E-state index contributed by atoms with van der Waals surface area (Å²) in [4.78, 5) is 3.46. The van der Waals surface area contributed by atoms with Gasteiger partial charge in [-0.3, -0.25) is 4.90 Å². The van der Waals surface area contributed by atoms with Gasteiger partial charge in [-0.05, 0) is 131 Å². The highest BCUT2D eigenvalue weighted by Gasteiger charge is 2.62. The highest BCUT2D eigenvalue weighted by molar-refractivity contribution is 8.01. The topological polar surface area (TPSA) is 12.5 Å². The molecule has 47 heavy (non-hydrogen) atoms. The first kappa shape index (κ1) is 31.5. The van der Waals surface area contributed by atoms with Crippen LogP contribution in [0.3, 0.4) is 0 Å². The summed E-state index contributed by atoms with van der Waals surface area (Å²) in [5.41, 5.74) is 0. The maximum Gasteiger partial charge on any atom is 0.0766 e. The maximum atomic E-state index is 7.85. The summed E-state index contributed by atoms with van der Waals surface area (Å²) in [5.74, 6) is 7.78. The highest BCUT2D eigenvalue weighted by atomic mass is 32.2. The van der Waals surface area contributed by atoms with E-state index in [1.807, 2.05) is 0 Å². The van der Waals surface area contributed by atoms with Gasteiger partial charge in [0.05, 0.1) is 12.2 Å². The van der Waals surface area contributed by atoms with E-state index >= 15 is 0 Å². The minimum atomic E-state index is 0.549. The Morgan fingerprint density at radius 2 is 0.830 bits per heavy atom. The molecule has 0 amide bonds. The summed E-state index contributed by atoms with van der Waals surface area (Å²) in [6.45, 7) is 0. The van der Waals surface area contributed by atoms with E-state index < -0.39 is 0 Å². The molecular formula is C42H65NOS3. The van der Waals surface area contributed by atoms with E-state index in [2.05, 4.69) is 40.2 Å². The standard InChI is InChI=1S/C42H65NOS3/c1-4-19-34-24(10-1)28-14-8-17-32(41(28)46-34)43(33-18-9-15-29-25-11-2-5-20-35(25)47-42(29)33)31-16-7-13-26-27-22-23-37-38(40(27)44-39(26)31)30-12-3-6-21-36(30)45-37/h24-42H,1-23H2. The van der Waals surface area contributed by atoms with E-state index in [4.69, 9.17) is 4.74 Å². The normalized spacial score (nSPS) is 58.0. The molecule has 262 valence electrons. The Bertz CT molecular complexity index is 1100. The third-order valence-electron chi connectivity index (χ3n) is 17.4. The fraction of sp³-hybridized carbons (Fsp3) is 1.00. The Morgan fingerprint density at radius 3 is 1.47 bits per heavy atom. The van der Waals surface area contributed by atoms with Crippen molar-refractivity contribution in [3.63, 3.8) is 0 Å². The van der Waals surface area contributed by atoms with Crippen molar-refractivity contribution < 1.29 is 4.74 Å². The predicted octanol–water partition coefficient (Wildman–Crippen LogP) is 10.6. The molecule has 11 fully saturated rings. The van der Waals surface area contributed by atoms with Gasteiger partial charge in [-0.2, -0.15) is 35.3 Å². The Balaban J connectivity index is 0.947. The van der Waals surface area contributed by atoms with Crippen LogP contribution in [0.5, 0.6) is 0 Å². The molecule has 0 N–H and O–H groups in total. The largest absolute Gasteiger partial charge is 0.372 e. The van der Waals surface area contributed by atoms with Gasteiger partial charge < -0.3 is 4.74 Å². The van der Waals surface area contributed by atoms with Crippen molar-refractivity contribution in [2.45, 2.75) is 210 Å². The fourth-order valence-corrected chi connectivity index (χ4v) is 22.4. The van der Waals surface area contributed by atoms with Crippen LogP contribution in [0.4, 0.5) is 0 Å². The van der Waals surface area contributed by atoms with Gasteiger partial charge in [0.2, 0.25) is 0 Å². The second-order valence-corrected chi connectivity index (χ2v) is 23.5. The SMILES string of the molecule is C1CCC2C(C1)SC1C2CCCC1N(C1CCCC2C3CCC4SC5CCCCC5C4C3OC21)C1CCCC2C3CCCCC3SC21. The van der Waals surface area contributed by atoms with Gasteiger partial charge in [-0.15, -0.1) is 0 Å². The van der Waals surface area contributed by atoms with E-state index in [0.29, 0.717) is 18.2 Å². The summed E-state index contributed by atoms with van der Waals surface area (Å²) >= 11 is 7.59. The number of nitrogens with zero attached hydrogens (tertiary/aromatic N) is 1. The lowest BCUT2D eigenvalue weighted by Crippen LogP contribution is -2.63. The third-order valence-corrected chi connectivity index (χ3v) is 23.1. The van der Waals surface area contributed by atoms with Crippen LogP contribution >= 0.6 is 35.3 Å². The van der Waals surface area contributed by atoms with E-state index in [9.17, 15) is 0 Å².